The fourth-order valence-corrected chi connectivity index (χ4v) is 5.52. The molecule has 4 aliphatic heterocycles. The third-order valence-electron chi connectivity index (χ3n) is 8.43. The van der Waals surface area contributed by atoms with Crippen molar-refractivity contribution >= 4 is 0 Å². The van der Waals surface area contributed by atoms with E-state index in [-0.39, 0.29) is 0 Å². The van der Waals surface area contributed by atoms with Gasteiger partial charge in [-0.1, -0.05) is 0 Å². The van der Waals surface area contributed by atoms with Gasteiger partial charge in [0.1, 0.15) is 97.7 Å². The molecule has 4 fully saturated rings. The Morgan fingerprint density at radius 3 is 1.38 bits per heavy atom. The van der Waals surface area contributed by atoms with Crippen LogP contribution in [0.5, 0.6) is 0 Å². The van der Waals surface area contributed by atoms with E-state index in [1.54, 1.807) is 0 Å². The fraction of sp³-hybridized carbons (Fsp3) is 1.00. The molecule has 0 bridgehead atoms. The lowest BCUT2D eigenvalue weighted by atomic mass is 9.96. The first kappa shape index (κ1) is 37.0. The summed E-state index contributed by atoms with van der Waals surface area (Å²) in [6, 6.07) is 0. The molecule has 0 radical (unpaired) electrons. The summed E-state index contributed by atoms with van der Waals surface area (Å²) in [5.74, 6) is 0. The first-order chi connectivity index (χ1) is 21.2. The van der Waals surface area contributed by atoms with Gasteiger partial charge in [0.05, 0.1) is 32.5 Å². The zero-order chi connectivity index (χ0) is 33.3. The molecule has 4 rings (SSSR count). The monoisotopic (exact) mass is 664 g/mol. The summed E-state index contributed by atoms with van der Waals surface area (Å²) < 4.78 is 38.4. The van der Waals surface area contributed by atoms with E-state index in [2.05, 4.69) is 0 Å². The summed E-state index contributed by atoms with van der Waals surface area (Å²) >= 11 is 0. The Morgan fingerprint density at radius 1 is 0.422 bits per heavy atom. The maximum absolute atomic E-state index is 10.8. The average Bonchev–Trinajstić information content (AvgIpc) is 3.03. The molecule has 264 valence electrons. The lowest BCUT2D eigenvalue weighted by molar-refractivity contribution is -0.373. The molecule has 12 unspecified atom stereocenters. The summed E-state index contributed by atoms with van der Waals surface area (Å²) in [5.41, 5.74) is 0. The molecule has 4 heterocycles. The molecule has 0 aromatic carbocycles. The van der Waals surface area contributed by atoms with Gasteiger partial charge in [0.15, 0.2) is 18.9 Å². The predicted octanol–water partition coefficient (Wildman–Crippen LogP) is -8.68. The highest BCUT2D eigenvalue weighted by Crippen LogP contribution is 2.31. The SMILES string of the molecule is C[C@H]1OC(CO[C@H]2OC(CO[C@H]3OC(CO)[C@@H](O)C(O)C3O[C@H]3OC(CO)[C@@H](O)C(O)C3O)[C@@H](O)C(O)C2O)[C@@H](O)C(O)C1O. The maximum atomic E-state index is 10.8. The number of hydrogen-bond donors (Lipinski definition) is 13. The zero-order valence-corrected chi connectivity index (χ0v) is 24.0. The third-order valence-corrected chi connectivity index (χ3v) is 8.43. The molecule has 0 aromatic rings. The standard InChI is InChI=1S/C25H44O20/c1-6-11(28)16(33)14(31)9(41-6)4-39-23-20(37)18(35)15(32)10(44-23)5-40-25-22(19(36)13(30)8(3-27)43-25)45-24-21(38)17(34)12(29)7(2-26)42-24/h6-38H,2-5H2,1H3/t6-,7?,8?,9?,10?,11?,12-,13-,14-,15-,16?,17?,18?,19?,20?,21?,22?,23+,24-,25+/m1/s1. The second kappa shape index (κ2) is 15.6. The smallest absolute Gasteiger partial charge is 0.187 e. The molecule has 0 saturated carbocycles. The van der Waals surface area contributed by atoms with E-state index in [4.69, 9.17) is 33.2 Å². The first-order valence-corrected chi connectivity index (χ1v) is 14.4. The molecule has 0 amide bonds. The topological polar surface area (TPSA) is 328 Å². The van der Waals surface area contributed by atoms with Crippen molar-refractivity contribution in [1.29, 1.82) is 0 Å². The van der Waals surface area contributed by atoms with Crippen molar-refractivity contribution < 1.29 is 99.5 Å². The molecule has 4 aliphatic rings. The first-order valence-electron chi connectivity index (χ1n) is 14.4. The Labute approximate surface area is 256 Å². The van der Waals surface area contributed by atoms with E-state index >= 15 is 0 Å². The molecule has 0 aliphatic carbocycles. The maximum Gasteiger partial charge on any atom is 0.187 e. The van der Waals surface area contributed by atoms with Crippen molar-refractivity contribution in [3.63, 3.8) is 0 Å². The van der Waals surface area contributed by atoms with Gasteiger partial charge < -0.3 is 99.5 Å². The normalized spacial score (nSPS) is 52.9. The van der Waals surface area contributed by atoms with Crippen LogP contribution < -0.4 is 0 Å². The highest BCUT2D eigenvalue weighted by molar-refractivity contribution is 4.95. The van der Waals surface area contributed by atoms with Gasteiger partial charge in [-0.15, -0.1) is 0 Å². The summed E-state index contributed by atoms with van der Waals surface area (Å²) in [4.78, 5) is 0. The van der Waals surface area contributed by atoms with E-state index in [1.165, 1.54) is 6.92 Å². The fourth-order valence-electron chi connectivity index (χ4n) is 5.52. The second-order valence-corrected chi connectivity index (χ2v) is 11.5. The molecular formula is C25H44O20. The Morgan fingerprint density at radius 2 is 0.822 bits per heavy atom. The molecule has 4 saturated heterocycles. The van der Waals surface area contributed by atoms with Gasteiger partial charge in [-0.3, -0.25) is 0 Å². The number of aliphatic hydroxyl groups excluding tert-OH is 13. The summed E-state index contributed by atoms with van der Waals surface area (Å²) in [7, 11) is 0. The number of hydrogen-bond acceptors (Lipinski definition) is 20. The van der Waals surface area contributed by atoms with E-state index in [0.717, 1.165) is 0 Å². The third kappa shape index (κ3) is 7.76. The Hall–Kier alpha value is -0.800. The number of rotatable bonds is 10. The summed E-state index contributed by atoms with van der Waals surface area (Å²) in [6.07, 6.45) is -32.2. The highest BCUT2D eigenvalue weighted by atomic mass is 16.8. The van der Waals surface area contributed by atoms with Gasteiger partial charge in [0, 0.05) is 0 Å². The minimum absolute atomic E-state index is 0.490. The molecule has 45 heavy (non-hydrogen) atoms. The molecule has 20 nitrogen and oxygen atoms in total. The van der Waals surface area contributed by atoms with Crippen LogP contribution in [-0.4, -0.2) is 215 Å². The molecule has 0 aromatic heterocycles. The van der Waals surface area contributed by atoms with Crippen LogP contribution in [0.25, 0.3) is 0 Å². The van der Waals surface area contributed by atoms with Crippen molar-refractivity contribution in [2.45, 2.75) is 130 Å². The van der Waals surface area contributed by atoms with Crippen molar-refractivity contribution in [3.05, 3.63) is 0 Å². The van der Waals surface area contributed by atoms with Gasteiger partial charge in [0.2, 0.25) is 0 Å². The molecule has 0 spiro atoms. The summed E-state index contributed by atoms with van der Waals surface area (Å²) in [5, 5.41) is 132. The largest absolute Gasteiger partial charge is 0.394 e. The number of aliphatic hydroxyl groups is 13. The lowest BCUT2D eigenvalue weighted by Gasteiger charge is -2.46. The van der Waals surface area contributed by atoms with Crippen LogP contribution in [0.15, 0.2) is 0 Å². The van der Waals surface area contributed by atoms with E-state index < -0.39 is 149 Å². The quantitative estimate of drug-likeness (QED) is 0.103. The van der Waals surface area contributed by atoms with Crippen LogP contribution in [0.3, 0.4) is 0 Å². The van der Waals surface area contributed by atoms with Crippen molar-refractivity contribution in [1.82, 2.24) is 0 Å². The van der Waals surface area contributed by atoms with Gasteiger partial charge in [-0.25, -0.2) is 0 Å². The lowest BCUT2D eigenvalue weighted by Crippen LogP contribution is -2.65. The zero-order valence-electron chi connectivity index (χ0n) is 24.0. The van der Waals surface area contributed by atoms with Crippen LogP contribution in [0.4, 0.5) is 0 Å². The van der Waals surface area contributed by atoms with Crippen molar-refractivity contribution in [2.24, 2.45) is 0 Å². The summed E-state index contributed by atoms with van der Waals surface area (Å²) in [6.45, 7) is -1.30. The Bertz CT molecular complexity index is 916. The van der Waals surface area contributed by atoms with Crippen LogP contribution in [0.2, 0.25) is 0 Å². The van der Waals surface area contributed by atoms with Gasteiger partial charge in [-0.2, -0.15) is 0 Å². The predicted molar refractivity (Wildman–Crippen MR) is 137 cm³/mol. The van der Waals surface area contributed by atoms with Crippen molar-refractivity contribution in [2.75, 3.05) is 26.4 Å². The number of ether oxygens (including phenoxy) is 7. The minimum atomic E-state index is -1.90. The van der Waals surface area contributed by atoms with Crippen LogP contribution >= 0.6 is 0 Å². The highest BCUT2D eigenvalue weighted by Gasteiger charge is 2.52. The van der Waals surface area contributed by atoms with Gasteiger partial charge >= 0.3 is 0 Å². The molecule has 13 N–H and O–H groups in total. The van der Waals surface area contributed by atoms with Crippen LogP contribution in [-0.2, 0) is 33.2 Å². The van der Waals surface area contributed by atoms with Gasteiger partial charge in [0.25, 0.3) is 0 Å². The van der Waals surface area contributed by atoms with E-state index in [9.17, 15) is 66.4 Å². The molecule has 20 atom stereocenters. The average molecular weight is 665 g/mol. The Kier molecular flexibility index (Phi) is 12.8. The Balaban J connectivity index is 1.43. The van der Waals surface area contributed by atoms with E-state index in [1.807, 2.05) is 0 Å². The van der Waals surface area contributed by atoms with Gasteiger partial charge in [-0.05, 0) is 6.92 Å². The second-order valence-electron chi connectivity index (χ2n) is 11.5. The van der Waals surface area contributed by atoms with Crippen LogP contribution in [0.1, 0.15) is 6.92 Å². The minimum Gasteiger partial charge on any atom is -0.394 e. The van der Waals surface area contributed by atoms with Crippen LogP contribution in [0, 0.1) is 0 Å². The molecular weight excluding hydrogens is 620 g/mol. The molecule has 20 heteroatoms. The van der Waals surface area contributed by atoms with Crippen molar-refractivity contribution in [3.8, 4) is 0 Å². The van der Waals surface area contributed by atoms with E-state index in [0.29, 0.717) is 0 Å².